The minimum atomic E-state index is -1.52. The van der Waals surface area contributed by atoms with Crippen LogP contribution in [0.15, 0.2) is 12.1 Å². The number of hydrogen-bond donors (Lipinski definition) is 2. The first-order valence-corrected chi connectivity index (χ1v) is 7.20. The highest BCUT2D eigenvalue weighted by molar-refractivity contribution is 5.73. The molecule has 8 heteroatoms. The molecule has 1 aliphatic rings. The van der Waals surface area contributed by atoms with Crippen molar-refractivity contribution in [2.24, 2.45) is 5.73 Å². The maximum Gasteiger partial charge on any atom is 0.219 e. The predicted molar refractivity (Wildman–Crippen MR) is 76.8 cm³/mol. The Morgan fingerprint density at radius 1 is 1.30 bits per heavy atom. The highest BCUT2D eigenvalue weighted by Crippen LogP contribution is 2.31. The van der Waals surface area contributed by atoms with Crippen molar-refractivity contribution in [3.8, 4) is 11.3 Å². The Balaban J connectivity index is 2.09. The number of rotatable bonds is 4. The fourth-order valence-corrected chi connectivity index (χ4v) is 2.75. The van der Waals surface area contributed by atoms with Gasteiger partial charge in [0.1, 0.15) is 5.69 Å². The number of hydrogen-bond acceptors (Lipinski definition) is 3. The maximum atomic E-state index is 14.1. The number of carbonyl (C=O) groups excluding carboxylic acids is 1. The number of carbonyl (C=O) groups is 1. The second kappa shape index (κ2) is 6.04. The molecule has 0 radical (unpaired) electrons. The van der Waals surface area contributed by atoms with Crippen molar-refractivity contribution in [2.75, 3.05) is 6.54 Å². The van der Waals surface area contributed by atoms with E-state index in [2.05, 4.69) is 10.4 Å². The van der Waals surface area contributed by atoms with Gasteiger partial charge in [-0.2, -0.15) is 5.10 Å². The van der Waals surface area contributed by atoms with Crippen LogP contribution in [-0.2, 0) is 24.3 Å². The summed E-state index contributed by atoms with van der Waals surface area (Å²) in [5.74, 6) is -4.50. The van der Waals surface area contributed by atoms with Gasteiger partial charge >= 0.3 is 0 Å². The molecule has 0 spiro atoms. The average Bonchev–Trinajstić information content (AvgIpc) is 2.90. The molecule has 0 bridgehead atoms. The van der Waals surface area contributed by atoms with Crippen molar-refractivity contribution in [3.05, 3.63) is 40.8 Å². The average molecular weight is 324 g/mol. The van der Waals surface area contributed by atoms with Crippen LogP contribution in [0.3, 0.4) is 0 Å². The van der Waals surface area contributed by atoms with E-state index in [-0.39, 0.29) is 24.2 Å². The number of primary amides is 1. The zero-order valence-electron chi connectivity index (χ0n) is 12.2. The number of aromatic nitrogens is 2. The molecular formula is C15H15F3N4O. The minimum Gasteiger partial charge on any atom is -0.370 e. The molecule has 5 nitrogen and oxygen atoms in total. The standard InChI is InChI=1S/C15H15F3N4O/c16-10-2-1-8(13(17)14(10)18)15-9-7-20-5-3-11(9)22(21-15)6-4-12(19)23/h1-2,20H,3-7H2,(H2,19,23). The van der Waals surface area contributed by atoms with E-state index in [1.54, 1.807) is 4.68 Å². The lowest BCUT2D eigenvalue weighted by molar-refractivity contribution is -0.118. The van der Waals surface area contributed by atoms with Crippen LogP contribution in [0, 0.1) is 17.5 Å². The molecule has 3 rings (SSSR count). The maximum absolute atomic E-state index is 14.1. The van der Waals surface area contributed by atoms with E-state index in [0.717, 1.165) is 23.9 Å². The van der Waals surface area contributed by atoms with E-state index < -0.39 is 23.4 Å². The molecule has 0 saturated carbocycles. The molecule has 1 aliphatic heterocycles. The topological polar surface area (TPSA) is 72.9 Å². The van der Waals surface area contributed by atoms with Crippen LogP contribution >= 0.6 is 0 Å². The summed E-state index contributed by atoms with van der Waals surface area (Å²) in [6.07, 6.45) is 0.744. The van der Waals surface area contributed by atoms with Gasteiger partial charge in [-0.1, -0.05) is 0 Å². The molecule has 0 saturated heterocycles. The Kier molecular flexibility index (Phi) is 4.08. The van der Waals surface area contributed by atoms with E-state index in [1.165, 1.54) is 6.07 Å². The van der Waals surface area contributed by atoms with E-state index >= 15 is 0 Å². The van der Waals surface area contributed by atoms with Gasteiger partial charge in [0, 0.05) is 49.3 Å². The summed E-state index contributed by atoms with van der Waals surface area (Å²) in [5, 5.41) is 7.44. The van der Waals surface area contributed by atoms with Crippen molar-refractivity contribution in [2.45, 2.75) is 25.9 Å². The SMILES string of the molecule is NC(=O)CCn1nc(-c2ccc(F)c(F)c2F)c2c1CCNC2. The normalized spacial score (nSPS) is 13.9. The van der Waals surface area contributed by atoms with Crippen LogP contribution in [0.5, 0.6) is 0 Å². The third kappa shape index (κ3) is 2.81. The molecule has 0 unspecified atom stereocenters. The molecule has 1 amide bonds. The summed E-state index contributed by atoms with van der Waals surface area (Å²) in [5.41, 5.74) is 6.89. The van der Waals surface area contributed by atoms with Crippen LogP contribution in [-0.4, -0.2) is 22.2 Å². The smallest absolute Gasteiger partial charge is 0.219 e. The summed E-state index contributed by atoms with van der Waals surface area (Å²) in [7, 11) is 0. The van der Waals surface area contributed by atoms with Crippen LogP contribution in [0.25, 0.3) is 11.3 Å². The van der Waals surface area contributed by atoms with Gasteiger partial charge < -0.3 is 11.1 Å². The Morgan fingerprint density at radius 2 is 2.09 bits per heavy atom. The Labute approximate surface area is 130 Å². The quantitative estimate of drug-likeness (QED) is 0.837. The molecule has 23 heavy (non-hydrogen) atoms. The predicted octanol–water partition coefficient (Wildman–Crippen LogP) is 1.49. The summed E-state index contributed by atoms with van der Waals surface area (Å²) >= 11 is 0. The highest BCUT2D eigenvalue weighted by atomic mass is 19.2. The number of nitrogens with zero attached hydrogens (tertiary/aromatic N) is 2. The number of benzene rings is 1. The summed E-state index contributed by atoms with van der Waals surface area (Å²) in [4.78, 5) is 11.0. The minimum absolute atomic E-state index is 0.0957. The van der Waals surface area contributed by atoms with Crippen molar-refractivity contribution in [1.29, 1.82) is 0 Å². The van der Waals surface area contributed by atoms with Gasteiger partial charge in [-0.25, -0.2) is 13.2 Å². The van der Waals surface area contributed by atoms with Crippen molar-refractivity contribution in [1.82, 2.24) is 15.1 Å². The van der Waals surface area contributed by atoms with Gasteiger partial charge in [-0.05, 0) is 12.1 Å². The van der Waals surface area contributed by atoms with E-state index in [4.69, 9.17) is 5.73 Å². The van der Waals surface area contributed by atoms with Gasteiger partial charge in [0.2, 0.25) is 5.91 Å². The van der Waals surface area contributed by atoms with Crippen molar-refractivity contribution in [3.63, 3.8) is 0 Å². The molecule has 122 valence electrons. The molecule has 2 aromatic rings. The molecular weight excluding hydrogens is 309 g/mol. The molecule has 1 aromatic carbocycles. The van der Waals surface area contributed by atoms with Crippen LogP contribution in [0.2, 0.25) is 0 Å². The molecule has 1 aromatic heterocycles. The number of amides is 1. The van der Waals surface area contributed by atoms with Gasteiger partial charge in [0.15, 0.2) is 17.5 Å². The van der Waals surface area contributed by atoms with Gasteiger partial charge in [0.25, 0.3) is 0 Å². The number of halogens is 3. The van der Waals surface area contributed by atoms with Gasteiger partial charge in [-0.3, -0.25) is 9.48 Å². The third-order valence-electron chi connectivity index (χ3n) is 3.87. The van der Waals surface area contributed by atoms with Crippen LogP contribution < -0.4 is 11.1 Å². The van der Waals surface area contributed by atoms with Crippen molar-refractivity contribution >= 4 is 5.91 Å². The van der Waals surface area contributed by atoms with E-state index in [9.17, 15) is 18.0 Å². The monoisotopic (exact) mass is 324 g/mol. The third-order valence-corrected chi connectivity index (χ3v) is 3.87. The number of nitrogens with two attached hydrogens (primary N) is 1. The lowest BCUT2D eigenvalue weighted by Gasteiger charge is -2.15. The first-order chi connectivity index (χ1) is 11.0. The Hall–Kier alpha value is -2.35. The Morgan fingerprint density at radius 3 is 2.83 bits per heavy atom. The summed E-state index contributed by atoms with van der Waals surface area (Å²) < 4.78 is 42.3. The highest BCUT2D eigenvalue weighted by Gasteiger charge is 2.25. The first kappa shape index (κ1) is 15.5. The summed E-state index contributed by atoms with van der Waals surface area (Å²) in [6, 6.07) is 2.04. The second-order valence-electron chi connectivity index (χ2n) is 5.36. The lowest BCUT2D eigenvalue weighted by Crippen LogP contribution is -2.25. The fraction of sp³-hybridized carbons (Fsp3) is 0.333. The molecule has 0 aliphatic carbocycles. The zero-order chi connectivity index (χ0) is 16.6. The number of aryl methyl sites for hydroxylation is 1. The lowest BCUT2D eigenvalue weighted by atomic mass is 10.0. The molecule has 0 atom stereocenters. The second-order valence-corrected chi connectivity index (χ2v) is 5.36. The summed E-state index contributed by atoms with van der Waals surface area (Å²) in [6.45, 7) is 1.43. The zero-order valence-corrected chi connectivity index (χ0v) is 12.2. The largest absolute Gasteiger partial charge is 0.370 e. The fourth-order valence-electron chi connectivity index (χ4n) is 2.75. The van der Waals surface area contributed by atoms with E-state index in [1.807, 2.05) is 0 Å². The Bertz CT molecular complexity index is 773. The number of nitrogens with one attached hydrogen (secondary N) is 1. The van der Waals surface area contributed by atoms with E-state index in [0.29, 0.717) is 13.0 Å². The van der Waals surface area contributed by atoms with Crippen molar-refractivity contribution < 1.29 is 18.0 Å². The van der Waals surface area contributed by atoms with Gasteiger partial charge in [0.05, 0.1) is 0 Å². The van der Waals surface area contributed by atoms with Crippen LogP contribution in [0.1, 0.15) is 17.7 Å². The number of fused-ring (bicyclic) bond motifs is 1. The molecule has 2 heterocycles. The van der Waals surface area contributed by atoms with Gasteiger partial charge in [-0.15, -0.1) is 0 Å². The first-order valence-electron chi connectivity index (χ1n) is 7.20. The molecule has 3 N–H and O–H groups in total. The molecule has 0 fully saturated rings. The van der Waals surface area contributed by atoms with Crippen LogP contribution in [0.4, 0.5) is 13.2 Å².